The van der Waals surface area contributed by atoms with Crippen molar-refractivity contribution in [3.05, 3.63) is 24.2 Å². The highest BCUT2D eigenvalue weighted by molar-refractivity contribution is 5.13. The lowest BCUT2D eigenvalue weighted by molar-refractivity contribution is 0.636. The first kappa shape index (κ1) is 13.8. The molecule has 0 rings (SSSR count). The summed E-state index contributed by atoms with van der Waals surface area (Å²) in [5, 5.41) is 2.95. The largest absolute Gasteiger partial charge is 0.385 e. The molecule has 72 valence electrons. The van der Waals surface area contributed by atoms with Gasteiger partial charge in [0.05, 0.1) is 5.83 Å². The van der Waals surface area contributed by atoms with Crippen LogP contribution in [-0.2, 0) is 0 Å². The van der Waals surface area contributed by atoms with Crippen LogP contribution in [0.15, 0.2) is 24.2 Å². The number of allylic oxidation sites excluding steroid dienone is 2. The smallest absolute Gasteiger partial charge is 0.0989 e. The molecule has 0 atom stereocenters. The summed E-state index contributed by atoms with van der Waals surface area (Å²) in [5.41, 5.74) is 0.641. The summed E-state index contributed by atoms with van der Waals surface area (Å²) in [4.78, 5) is 0. The minimum atomic E-state index is -0.214. The zero-order valence-electron chi connectivity index (χ0n) is 8.58. The van der Waals surface area contributed by atoms with Gasteiger partial charge in [0, 0.05) is 12.2 Å². The van der Waals surface area contributed by atoms with Gasteiger partial charge in [0.25, 0.3) is 0 Å². The van der Waals surface area contributed by atoms with Crippen LogP contribution in [-0.4, -0.2) is 6.54 Å². The topological polar surface area (TPSA) is 12.0 Å². The molecule has 0 spiro atoms. The van der Waals surface area contributed by atoms with Gasteiger partial charge >= 0.3 is 0 Å². The standard InChI is InChI=1S/C8H14FN.C2H6/c1-4-5-10-8(3)6-7(2)9;1-2/h6,10H,3-5H2,1-2H3;1-2H3/b7-6+;. The molecule has 12 heavy (non-hydrogen) atoms. The molecule has 0 aliphatic heterocycles. The van der Waals surface area contributed by atoms with Gasteiger partial charge in [-0.25, -0.2) is 4.39 Å². The average molecular weight is 173 g/mol. The van der Waals surface area contributed by atoms with E-state index in [0.29, 0.717) is 5.70 Å². The van der Waals surface area contributed by atoms with Gasteiger partial charge in [0.2, 0.25) is 0 Å². The first-order chi connectivity index (χ1) is 5.66. The van der Waals surface area contributed by atoms with Gasteiger partial charge in [-0.2, -0.15) is 0 Å². The molecular weight excluding hydrogens is 153 g/mol. The zero-order chi connectivity index (χ0) is 9.98. The van der Waals surface area contributed by atoms with E-state index in [1.165, 1.54) is 13.0 Å². The van der Waals surface area contributed by atoms with Gasteiger partial charge in [-0.1, -0.05) is 27.4 Å². The third-order valence-corrected chi connectivity index (χ3v) is 0.975. The van der Waals surface area contributed by atoms with E-state index in [4.69, 9.17) is 0 Å². The third kappa shape index (κ3) is 11.9. The molecule has 0 aliphatic carbocycles. The summed E-state index contributed by atoms with van der Waals surface area (Å²) >= 11 is 0. The Hall–Kier alpha value is -0.790. The fourth-order valence-electron chi connectivity index (χ4n) is 0.577. The van der Waals surface area contributed by atoms with Crippen molar-refractivity contribution < 1.29 is 4.39 Å². The fraction of sp³-hybridized carbons (Fsp3) is 0.600. The Labute approximate surface area is 75.4 Å². The van der Waals surface area contributed by atoms with E-state index in [0.717, 1.165) is 13.0 Å². The normalized spacial score (nSPS) is 9.92. The van der Waals surface area contributed by atoms with E-state index in [9.17, 15) is 4.39 Å². The third-order valence-electron chi connectivity index (χ3n) is 0.975. The molecule has 0 radical (unpaired) electrons. The monoisotopic (exact) mass is 173 g/mol. The Morgan fingerprint density at radius 2 is 2.00 bits per heavy atom. The molecular formula is C10H20FN. The number of nitrogens with one attached hydrogen (secondary N) is 1. The maximum Gasteiger partial charge on any atom is 0.0989 e. The molecule has 1 N–H and O–H groups in total. The van der Waals surface area contributed by atoms with Crippen LogP contribution >= 0.6 is 0 Å². The SMILES string of the molecule is C=C(/C=C(\C)F)NCCC.CC. The van der Waals surface area contributed by atoms with E-state index in [1.54, 1.807) is 0 Å². The molecule has 0 aromatic rings. The Morgan fingerprint density at radius 3 is 2.33 bits per heavy atom. The maximum atomic E-state index is 12.1. The van der Waals surface area contributed by atoms with Crippen LogP contribution in [0.2, 0.25) is 0 Å². The Kier molecular flexibility index (Phi) is 11.7. The highest BCUT2D eigenvalue weighted by atomic mass is 19.1. The van der Waals surface area contributed by atoms with E-state index in [2.05, 4.69) is 11.9 Å². The van der Waals surface area contributed by atoms with Crippen molar-refractivity contribution in [3.63, 3.8) is 0 Å². The molecule has 0 amide bonds. The zero-order valence-corrected chi connectivity index (χ0v) is 8.58. The molecule has 0 bridgehead atoms. The van der Waals surface area contributed by atoms with Crippen LogP contribution in [0.4, 0.5) is 4.39 Å². The first-order valence-electron chi connectivity index (χ1n) is 4.43. The number of rotatable bonds is 4. The summed E-state index contributed by atoms with van der Waals surface area (Å²) in [6.07, 6.45) is 2.41. The van der Waals surface area contributed by atoms with Crippen molar-refractivity contribution >= 4 is 0 Å². The Morgan fingerprint density at radius 1 is 1.50 bits per heavy atom. The highest BCUT2D eigenvalue weighted by Crippen LogP contribution is 1.97. The van der Waals surface area contributed by atoms with Gasteiger partial charge < -0.3 is 5.32 Å². The van der Waals surface area contributed by atoms with Crippen LogP contribution in [0.3, 0.4) is 0 Å². The number of halogens is 1. The number of hydrogen-bond acceptors (Lipinski definition) is 1. The van der Waals surface area contributed by atoms with Gasteiger partial charge in [-0.3, -0.25) is 0 Å². The number of hydrogen-bond donors (Lipinski definition) is 1. The van der Waals surface area contributed by atoms with Crippen molar-refractivity contribution in [2.45, 2.75) is 34.1 Å². The second kappa shape index (κ2) is 10.2. The highest BCUT2D eigenvalue weighted by Gasteiger charge is 1.87. The van der Waals surface area contributed by atoms with Crippen LogP contribution in [0.5, 0.6) is 0 Å². The van der Waals surface area contributed by atoms with Crippen molar-refractivity contribution in [2.24, 2.45) is 0 Å². The average Bonchev–Trinajstić information content (AvgIpc) is 2.03. The second-order valence-electron chi connectivity index (χ2n) is 2.18. The summed E-state index contributed by atoms with van der Waals surface area (Å²) in [7, 11) is 0. The van der Waals surface area contributed by atoms with Crippen molar-refractivity contribution in [3.8, 4) is 0 Å². The quantitative estimate of drug-likeness (QED) is 0.642. The molecule has 0 aliphatic rings. The summed E-state index contributed by atoms with van der Waals surface area (Å²) in [6, 6.07) is 0. The van der Waals surface area contributed by atoms with E-state index in [1.807, 2.05) is 20.8 Å². The van der Waals surface area contributed by atoms with Gasteiger partial charge in [-0.05, 0) is 19.4 Å². The van der Waals surface area contributed by atoms with Crippen molar-refractivity contribution in [2.75, 3.05) is 6.54 Å². The summed E-state index contributed by atoms with van der Waals surface area (Å²) in [6.45, 7) is 11.9. The van der Waals surface area contributed by atoms with Crippen LogP contribution < -0.4 is 5.32 Å². The second-order valence-corrected chi connectivity index (χ2v) is 2.18. The molecule has 0 aromatic carbocycles. The van der Waals surface area contributed by atoms with E-state index < -0.39 is 0 Å². The van der Waals surface area contributed by atoms with Crippen LogP contribution in [0, 0.1) is 0 Å². The molecule has 0 saturated carbocycles. The van der Waals surface area contributed by atoms with Crippen LogP contribution in [0.1, 0.15) is 34.1 Å². The lowest BCUT2D eigenvalue weighted by Gasteiger charge is -2.01. The fourth-order valence-corrected chi connectivity index (χ4v) is 0.577. The van der Waals surface area contributed by atoms with Gasteiger partial charge in [0.15, 0.2) is 0 Å². The lowest BCUT2D eigenvalue weighted by atomic mass is 10.4. The van der Waals surface area contributed by atoms with Crippen molar-refractivity contribution in [1.29, 1.82) is 0 Å². The molecule has 1 nitrogen and oxygen atoms in total. The molecule has 0 unspecified atom stereocenters. The lowest BCUT2D eigenvalue weighted by Crippen LogP contribution is -2.11. The predicted molar refractivity (Wildman–Crippen MR) is 53.6 cm³/mol. The molecule has 0 aromatic heterocycles. The predicted octanol–water partition coefficient (Wildman–Crippen LogP) is 3.40. The van der Waals surface area contributed by atoms with Crippen molar-refractivity contribution in [1.82, 2.24) is 5.32 Å². The molecule has 0 fully saturated rings. The molecule has 0 saturated heterocycles. The molecule has 0 heterocycles. The minimum Gasteiger partial charge on any atom is -0.385 e. The van der Waals surface area contributed by atoms with Gasteiger partial charge in [0.1, 0.15) is 0 Å². The Balaban J connectivity index is 0. The molecule has 2 heteroatoms. The van der Waals surface area contributed by atoms with Crippen LogP contribution in [0.25, 0.3) is 0 Å². The van der Waals surface area contributed by atoms with E-state index in [-0.39, 0.29) is 5.83 Å². The van der Waals surface area contributed by atoms with Gasteiger partial charge in [-0.15, -0.1) is 0 Å². The summed E-state index contributed by atoms with van der Waals surface area (Å²) in [5.74, 6) is -0.214. The van der Waals surface area contributed by atoms with E-state index >= 15 is 0 Å². The Bertz CT molecular complexity index is 135. The minimum absolute atomic E-state index is 0.214. The first-order valence-corrected chi connectivity index (χ1v) is 4.43. The summed E-state index contributed by atoms with van der Waals surface area (Å²) < 4.78 is 12.1. The maximum absolute atomic E-state index is 12.1.